The van der Waals surface area contributed by atoms with Gasteiger partial charge < -0.3 is 5.32 Å². The van der Waals surface area contributed by atoms with Gasteiger partial charge in [-0.1, -0.05) is 0 Å². The predicted molar refractivity (Wildman–Crippen MR) is 47.7 cm³/mol. The van der Waals surface area contributed by atoms with Crippen LogP contribution >= 0.6 is 17.0 Å². The molecular formula is C6H9BrN4. The second-order valence-electron chi connectivity index (χ2n) is 2.18. The molecule has 2 N–H and O–H groups in total. The van der Waals surface area contributed by atoms with E-state index >= 15 is 0 Å². The van der Waals surface area contributed by atoms with E-state index in [1.54, 1.807) is 6.33 Å². The lowest BCUT2D eigenvalue weighted by Crippen LogP contribution is -2.28. The molecule has 0 spiro atoms. The van der Waals surface area contributed by atoms with E-state index in [1.807, 2.05) is 6.20 Å². The highest BCUT2D eigenvalue weighted by Gasteiger charge is 2.06. The molecule has 0 atom stereocenters. The summed E-state index contributed by atoms with van der Waals surface area (Å²) in [5.41, 5.74) is 1.13. The highest BCUT2D eigenvalue weighted by atomic mass is 79.9. The second kappa shape index (κ2) is 3.64. The molecule has 1 aromatic rings. The molecule has 60 valence electrons. The van der Waals surface area contributed by atoms with E-state index in [1.165, 1.54) is 0 Å². The summed E-state index contributed by atoms with van der Waals surface area (Å²) in [5, 5.41) is 6.25. The Kier molecular flexibility index (Phi) is 2.78. The first-order valence-electron chi connectivity index (χ1n) is 3.20. The van der Waals surface area contributed by atoms with Crippen LogP contribution in [-0.4, -0.2) is 16.6 Å². The second-order valence-corrected chi connectivity index (χ2v) is 2.18. The minimum Gasteiger partial charge on any atom is -0.357 e. The Hall–Kier alpha value is -0.680. The largest absolute Gasteiger partial charge is 0.357 e. The lowest BCUT2D eigenvalue weighted by atomic mass is 10.3. The molecule has 1 aliphatic rings. The van der Waals surface area contributed by atoms with Gasteiger partial charge >= 0.3 is 0 Å². The van der Waals surface area contributed by atoms with Crippen molar-refractivity contribution in [1.29, 1.82) is 0 Å². The number of nitrogens with one attached hydrogen (secondary N) is 2. The number of hydrogen-bond acceptors (Lipinski definition) is 4. The molecule has 0 unspecified atom stereocenters. The van der Waals surface area contributed by atoms with Crippen LogP contribution in [-0.2, 0) is 6.54 Å². The van der Waals surface area contributed by atoms with E-state index in [9.17, 15) is 0 Å². The monoisotopic (exact) mass is 216 g/mol. The van der Waals surface area contributed by atoms with Gasteiger partial charge in [0.2, 0.25) is 0 Å². The van der Waals surface area contributed by atoms with Crippen molar-refractivity contribution in [2.24, 2.45) is 0 Å². The van der Waals surface area contributed by atoms with E-state index in [2.05, 4.69) is 20.6 Å². The Labute approximate surface area is 75.2 Å². The van der Waals surface area contributed by atoms with Crippen molar-refractivity contribution in [2.45, 2.75) is 6.54 Å². The summed E-state index contributed by atoms with van der Waals surface area (Å²) in [6.07, 6.45) is 3.37. The highest BCUT2D eigenvalue weighted by molar-refractivity contribution is 8.93. The van der Waals surface area contributed by atoms with Gasteiger partial charge in [-0.15, -0.1) is 17.0 Å². The maximum absolute atomic E-state index is 4.06. The first kappa shape index (κ1) is 8.42. The molecule has 5 heteroatoms. The van der Waals surface area contributed by atoms with Crippen LogP contribution in [0.5, 0.6) is 0 Å². The Balaban J connectivity index is 0.000000605. The first-order valence-corrected chi connectivity index (χ1v) is 3.20. The van der Waals surface area contributed by atoms with Gasteiger partial charge in [0, 0.05) is 18.3 Å². The maximum Gasteiger partial charge on any atom is 0.134 e. The third kappa shape index (κ3) is 1.66. The van der Waals surface area contributed by atoms with E-state index in [-0.39, 0.29) is 17.0 Å². The summed E-state index contributed by atoms with van der Waals surface area (Å²) in [7, 11) is 0. The van der Waals surface area contributed by atoms with Crippen molar-refractivity contribution in [2.75, 3.05) is 12.0 Å². The number of halogens is 1. The fourth-order valence-electron chi connectivity index (χ4n) is 0.990. The number of hydrogen-bond donors (Lipinski definition) is 2. The predicted octanol–water partition coefficient (Wildman–Crippen LogP) is 0.527. The Morgan fingerprint density at radius 2 is 2.36 bits per heavy atom. The highest BCUT2D eigenvalue weighted by Crippen LogP contribution is 2.11. The molecule has 0 aromatic carbocycles. The average molecular weight is 217 g/mol. The van der Waals surface area contributed by atoms with Crippen molar-refractivity contribution < 1.29 is 0 Å². The molecule has 2 heterocycles. The lowest BCUT2D eigenvalue weighted by Gasteiger charge is -2.16. The van der Waals surface area contributed by atoms with Gasteiger partial charge in [-0.25, -0.2) is 9.97 Å². The fraction of sp³-hybridized carbons (Fsp3) is 0.333. The van der Waals surface area contributed by atoms with Crippen LogP contribution in [0.1, 0.15) is 5.56 Å². The summed E-state index contributed by atoms with van der Waals surface area (Å²) >= 11 is 0. The molecule has 1 aromatic heterocycles. The van der Waals surface area contributed by atoms with E-state index in [0.717, 1.165) is 24.6 Å². The summed E-state index contributed by atoms with van der Waals surface area (Å²) in [5.74, 6) is 0.953. The van der Waals surface area contributed by atoms with Gasteiger partial charge in [0.05, 0.1) is 6.67 Å². The van der Waals surface area contributed by atoms with E-state index in [0.29, 0.717) is 0 Å². The van der Waals surface area contributed by atoms with Gasteiger partial charge in [0.25, 0.3) is 0 Å². The Bertz CT molecular complexity index is 215. The fourth-order valence-corrected chi connectivity index (χ4v) is 0.990. The maximum atomic E-state index is 4.06. The van der Waals surface area contributed by atoms with Crippen LogP contribution in [0.4, 0.5) is 5.82 Å². The minimum absolute atomic E-state index is 0. The summed E-state index contributed by atoms with van der Waals surface area (Å²) in [6, 6.07) is 0. The average Bonchev–Trinajstić information content (AvgIpc) is 2.05. The van der Waals surface area contributed by atoms with Crippen molar-refractivity contribution in [1.82, 2.24) is 15.3 Å². The standard InChI is InChI=1S/C6H8N4.BrH/c1-5-2-8-4-10-6(5)9-3-7-1;/h1,3,8H,2,4H2,(H,7,9,10);1H. The first-order chi connectivity index (χ1) is 4.97. The van der Waals surface area contributed by atoms with Crippen LogP contribution in [0.15, 0.2) is 12.5 Å². The zero-order chi connectivity index (χ0) is 6.81. The van der Waals surface area contributed by atoms with Crippen LogP contribution in [0.25, 0.3) is 0 Å². The topological polar surface area (TPSA) is 49.8 Å². The summed E-state index contributed by atoms with van der Waals surface area (Å²) in [6.45, 7) is 1.66. The number of nitrogens with zero attached hydrogens (tertiary/aromatic N) is 2. The number of rotatable bonds is 0. The van der Waals surface area contributed by atoms with Crippen LogP contribution in [0.3, 0.4) is 0 Å². The molecule has 2 rings (SSSR count). The van der Waals surface area contributed by atoms with Gasteiger partial charge in [0.1, 0.15) is 12.1 Å². The molecule has 4 nitrogen and oxygen atoms in total. The SMILES string of the molecule is Br.c1ncc2c(n1)NCNC2. The molecule has 1 aliphatic heterocycles. The molecule has 0 amide bonds. The zero-order valence-electron chi connectivity index (χ0n) is 5.87. The number of aromatic nitrogens is 2. The summed E-state index contributed by atoms with van der Waals surface area (Å²) in [4.78, 5) is 7.96. The van der Waals surface area contributed by atoms with Gasteiger partial charge in [-0.2, -0.15) is 0 Å². The van der Waals surface area contributed by atoms with Gasteiger partial charge in [0.15, 0.2) is 0 Å². The Morgan fingerprint density at radius 3 is 3.18 bits per heavy atom. The van der Waals surface area contributed by atoms with Crippen molar-refractivity contribution in [3.05, 3.63) is 18.1 Å². The molecular weight excluding hydrogens is 208 g/mol. The smallest absolute Gasteiger partial charge is 0.134 e. The number of fused-ring (bicyclic) bond motifs is 1. The van der Waals surface area contributed by atoms with Crippen LogP contribution in [0, 0.1) is 0 Å². The van der Waals surface area contributed by atoms with Crippen LogP contribution in [0.2, 0.25) is 0 Å². The molecule has 0 bridgehead atoms. The Morgan fingerprint density at radius 1 is 1.45 bits per heavy atom. The summed E-state index contributed by atoms with van der Waals surface area (Å²) < 4.78 is 0. The third-order valence-corrected chi connectivity index (χ3v) is 1.48. The molecule has 0 fully saturated rings. The third-order valence-electron chi connectivity index (χ3n) is 1.48. The van der Waals surface area contributed by atoms with Crippen LogP contribution < -0.4 is 10.6 Å². The van der Waals surface area contributed by atoms with Gasteiger partial charge in [-0.3, -0.25) is 5.32 Å². The van der Waals surface area contributed by atoms with Crippen molar-refractivity contribution in [3.63, 3.8) is 0 Å². The zero-order valence-corrected chi connectivity index (χ0v) is 7.58. The minimum atomic E-state index is 0. The quantitative estimate of drug-likeness (QED) is 0.665. The molecule has 0 radical (unpaired) electrons. The molecule has 11 heavy (non-hydrogen) atoms. The van der Waals surface area contributed by atoms with Crippen molar-refractivity contribution >= 4 is 22.8 Å². The van der Waals surface area contributed by atoms with E-state index in [4.69, 9.17) is 0 Å². The molecule has 0 saturated carbocycles. The van der Waals surface area contributed by atoms with Crippen molar-refractivity contribution in [3.8, 4) is 0 Å². The molecule has 0 aliphatic carbocycles. The lowest BCUT2D eigenvalue weighted by molar-refractivity contribution is 0.697. The van der Waals surface area contributed by atoms with E-state index < -0.39 is 0 Å². The number of anilines is 1. The van der Waals surface area contributed by atoms with Gasteiger partial charge in [-0.05, 0) is 0 Å². The normalized spacial score (nSPS) is 14.2. The molecule has 0 saturated heterocycles.